The van der Waals surface area contributed by atoms with Gasteiger partial charge in [-0.3, -0.25) is 0 Å². The van der Waals surface area contributed by atoms with Crippen LogP contribution in [-0.2, 0) is 6.54 Å². The summed E-state index contributed by atoms with van der Waals surface area (Å²) in [6, 6.07) is 7.77. The summed E-state index contributed by atoms with van der Waals surface area (Å²) in [6.45, 7) is 2.73. The van der Waals surface area contributed by atoms with E-state index in [1.54, 1.807) is 6.20 Å². The molecule has 4 heteroatoms. The minimum absolute atomic E-state index is 0.104. The first-order valence-electron chi connectivity index (χ1n) is 5.19. The van der Waals surface area contributed by atoms with Gasteiger partial charge in [-0.25, -0.2) is 4.98 Å². The van der Waals surface area contributed by atoms with E-state index in [9.17, 15) is 0 Å². The summed E-state index contributed by atoms with van der Waals surface area (Å²) in [6.07, 6.45) is 3.71. The molecule has 0 fully saturated rings. The van der Waals surface area contributed by atoms with E-state index in [1.165, 1.54) is 0 Å². The molecule has 1 atom stereocenters. The summed E-state index contributed by atoms with van der Waals surface area (Å²) < 4.78 is 2.04. The van der Waals surface area contributed by atoms with Crippen molar-refractivity contribution in [1.29, 1.82) is 0 Å². The predicted molar refractivity (Wildman–Crippen MR) is 66.3 cm³/mol. The van der Waals surface area contributed by atoms with Crippen molar-refractivity contribution in [3.63, 3.8) is 0 Å². The summed E-state index contributed by atoms with van der Waals surface area (Å²) in [4.78, 5) is 4.33. The van der Waals surface area contributed by atoms with Crippen molar-refractivity contribution in [2.24, 2.45) is 5.73 Å². The highest BCUT2D eigenvalue weighted by molar-refractivity contribution is 6.30. The van der Waals surface area contributed by atoms with Crippen molar-refractivity contribution in [3.8, 4) is 11.4 Å². The third kappa shape index (κ3) is 2.43. The molecule has 1 heterocycles. The van der Waals surface area contributed by atoms with Crippen LogP contribution in [0, 0.1) is 0 Å². The van der Waals surface area contributed by atoms with Crippen LogP contribution in [0.15, 0.2) is 36.7 Å². The molecule has 1 aromatic carbocycles. The van der Waals surface area contributed by atoms with Crippen molar-refractivity contribution >= 4 is 11.6 Å². The Morgan fingerprint density at radius 3 is 3.00 bits per heavy atom. The number of aromatic nitrogens is 2. The van der Waals surface area contributed by atoms with E-state index >= 15 is 0 Å². The highest BCUT2D eigenvalue weighted by atomic mass is 35.5. The van der Waals surface area contributed by atoms with Gasteiger partial charge in [-0.1, -0.05) is 23.7 Å². The summed E-state index contributed by atoms with van der Waals surface area (Å²) >= 11 is 5.96. The Hall–Kier alpha value is -1.32. The number of hydrogen-bond donors (Lipinski definition) is 1. The fraction of sp³-hybridized carbons (Fsp3) is 0.250. The monoisotopic (exact) mass is 235 g/mol. The van der Waals surface area contributed by atoms with Gasteiger partial charge in [0.05, 0.1) is 0 Å². The molecular weight excluding hydrogens is 222 g/mol. The molecule has 0 aliphatic carbocycles. The number of nitrogens with zero attached hydrogens (tertiary/aromatic N) is 2. The van der Waals surface area contributed by atoms with Crippen molar-refractivity contribution in [2.45, 2.75) is 19.5 Å². The molecule has 0 bridgehead atoms. The fourth-order valence-electron chi connectivity index (χ4n) is 1.65. The second-order valence-electron chi connectivity index (χ2n) is 3.89. The van der Waals surface area contributed by atoms with Gasteiger partial charge < -0.3 is 10.3 Å². The standard InChI is InChI=1S/C12H14ClN3/c1-9(14)8-16-6-5-15-12(16)10-3-2-4-11(13)7-10/h2-7,9H,8,14H2,1H3. The molecule has 0 spiro atoms. The van der Waals surface area contributed by atoms with Crippen LogP contribution in [0.2, 0.25) is 5.02 Å². The van der Waals surface area contributed by atoms with Gasteiger partial charge >= 0.3 is 0 Å². The van der Waals surface area contributed by atoms with Crippen molar-refractivity contribution < 1.29 is 0 Å². The second kappa shape index (κ2) is 4.68. The molecule has 0 saturated heterocycles. The van der Waals surface area contributed by atoms with Crippen LogP contribution in [-0.4, -0.2) is 15.6 Å². The lowest BCUT2D eigenvalue weighted by molar-refractivity contribution is 0.594. The fourth-order valence-corrected chi connectivity index (χ4v) is 1.84. The second-order valence-corrected chi connectivity index (χ2v) is 4.33. The van der Waals surface area contributed by atoms with Crippen LogP contribution in [0.1, 0.15) is 6.92 Å². The van der Waals surface area contributed by atoms with Crippen molar-refractivity contribution in [3.05, 3.63) is 41.7 Å². The number of rotatable bonds is 3. The third-order valence-electron chi connectivity index (χ3n) is 2.28. The molecule has 1 unspecified atom stereocenters. The Kier molecular flexibility index (Phi) is 3.27. The van der Waals surface area contributed by atoms with E-state index in [1.807, 2.05) is 42.0 Å². The minimum Gasteiger partial charge on any atom is -0.329 e. The van der Waals surface area contributed by atoms with Crippen molar-refractivity contribution in [1.82, 2.24) is 9.55 Å². The van der Waals surface area contributed by atoms with Gasteiger partial charge in [-0.2, -0.15) is 0 Å². The molecular formula is C12H14ClN3. The summed E-state index contributed by atoms with van der Waals surface area (Å²) in [5.74, 6) is 0.903. The zero-order chi connectivity index (χ0) is 11.5. The van der Waals surface area contributed by atoms with E-state index in [0.717, 1.165) is 17.9 Å². The molecule has 3 nitrogen and oxygen atoms in total. The van der Waals surface area contributed by atoms with Gasteiger partial charge in [0.2, 0.25) is 0 Å². The summed E-state index contributed by atoms with van der Waals surface area (Å²) in [7, 11) is 0. The minimum atomic E-state index is 0.104. The molecule has 1 aromatic heterocycles. The van der Waals surface area contributed by atoms with Crippen LogP contribution in [0.4, 0.5) is 0 Å². The molecule has 0 amide bonds. The zero-order valence-corrected chi connectivity index (χ0v) is 9.85. The van der Waals surface area contributed by atoms with E-state index < -0.39 is 0 Å². The SMILES string of the molecule is CC(N)Cn1ccnc1-c1cccc(Cl)c1. The summed E-state index contributed by atoms with van der Waals surface area (Å²) in [5, 5.41) is 0.716. The smallest absolute Gasteiger partial charge is 0.139 e. The molecule has 0 aliphatic heterocycles. The number of nitrogens with two attached hydrogens (primary N) is 1. The normalized spacial score (nSPS) is 12.7. The largest absolute Gasteiger partial charge is 0.329 e. The zero-order valence-electron chi connectivity index (χ0n) is 9.10. The lowest BCUT2D eigenvalue weighted by Crippen LogP contribution is -2.22. The molecule has 2 N–H and O–H groups in total. The van der Waals surface area contributed by atoms with E-state index in [0.29, 0.717) is 5.02 Å². The highest BCUT2D eigenvalue weighted by Gasteiger charge is 2.07. The topological polar surface area (TPSA) is 43.8 Å². The van der Waals surface area contributed by atoms with E-state index in [4.69, 9.17) is 17.3 Å². The van der Waals surface area contributed by atoms with Crippen LogP contribution in [0.25, 0.3) is 11.4 Å². The Balaban J connectivity index is 2.37. The molecule has 0 radical (unpaired) electrons. The Morgan fingerprint density at radius 1 is 1.50 bits per heavy atom. The maximum atomic E-state index is 5.96. The average Bonchev–Trinajstić information content (AvgIpc) is 2.65. The quantitative estimate of drug-likeness (QED) is 0.889. The van der Waals surface area contributed by atoms with Crippen LogP contribution >= 0.6 is 11.6 Å². The number of benzene rings is 1. The molecule has 0 aliphatic rings. The molecule has 16 heavy (non-hydrogen) atoms. The molecule has 2 rings (SSSR count). The first kappa shape index (κ1) is 11.2. The lowest BCUT2D eigenvalue weighted by Gasteiger charge is -2.10. The van der Waals surface area contributed by atoms with E-state index in [-0.39, 0.29) is 6.04 Å². The highest BCUT2D eigenvalue weighted by Crippen LogP contribution is 2.21. The van der Waals surface area contributed by atoms with Gasteiger partial charge in [0.15, 0.2) is 0 Å². The lowest BCUT2D eigenvalue weighted by atomic mass is 10.2. The Labute approximate surface area is 99.9 Å². The number of hydrogen-bond acceptors (Lipinski definition) is 2. The first-order chi connectivity index (χ1) is 7.66. The van der Waals surface area contributed by atoms with E-state index in [2.05, 4.69) is 4.98 Å². The molecule has 0 saturated carbocycles. The van der Waals surface area contributed by atoms with Crippen molar-refractivity contribution in [2.75, 3.05) is 0 Å². The van der Waals surface area contributed by atoms with Crippen LogP contribution in [0.3, 0.4) is 0 Å². The van der Waals surface area contributed by atoms with Gasteiger partial charge in [0.25, 0.3) is 0 Å². The van der Waals surface area contributed by atoms with Crippen LogP contribution < -0.4 is 5.73 Å². The van der Waals surface area contributed by atoms with Gasteiger partial charge in [-0.05, 0) is 19.1 Å². The number of halogens is 1. The Morgan fingerprint density at radius 2 is 2.31 bits per heavy atom. The predicted octanol–water partition coefficient (Wildman–Crippen LogP) is 2.55. The van der Waals surface area contributed by atoms with Gasteiger partial charge in [-0.15, -0.1) is 0 Å². The maximum Gasteiger partial charge on any atom is 0.139 e. The number of imidazole rings is 1. The molecule has 2 aromatic rings. The maximum absolute atomic E-state index is 5.96. The average molecular weight is 236 g/mol. The first-order valence-corrected chi connectivity index (χ1v) is 5.57. The third-order valence-corrected chi connectivity index (χ3v) is 2.52. The molecule has 84 valence electrons. The van der Waals surface area contributed by atoms with Gasteiger partial charge in [0, 0.05) is 35.6 Å². The summed E-state index contributed by atoms with van der Waals surface area (Å²) in [5.41, 5.74) is 6.80. The van der Waals surface area contributed by atoms with Crippen LogP contribution in [0.5, 0.6) is 0 Å². The Bertz CT molecular complexity index is 477. The van der Waals surface area contributed by atoms with Gasteiger partial charge in [0.1, 0.15) is 5.82 Å².